The minimum atomic E-state index is -1.90. The predicted molar refractivity (Wildman–Crippen MR) is 116 cm³/mol. The van der Waals surface area contributed by atoms with Crippen LogP contribution in [0.15, 0.2) is 46.4 Å². The Balaban J connectivity index is 1.83. The number of allylic oxidation sites excluding steroid dienone is 3. The Hall–Kier alpha value is -1.93. The van der Waals surface area contributed by atoms with Gasteiger partial charge in [0.05, 0.1) is 22.8 Å². The van der Waals surface area contributed by atoms with Crippen LogP contribution in [0.25, 0.3) is 0 Å². The maximum atomic E-state index is 13.5. The number of esters is 1. The lowest BCUT2D eigenvalue weighted by Crippen LogP contribution is -2.59. The van der Waals surface area contributed by atoms with E-state index < -0.39 is 52.6 Å². The second-order valence-electron chi connectivity index (χ2n) is 9.66. The summed E-state index contributed by atoms with van der Waals surface area (Å²) in [5, 5.41) is 21.2. The van der Waals surface area contributed by atoms with Crippen LogP contribution in [0.1, 0.15) is 41.5 Å². The Kier molecular flexibility index (Phi) is 5.29. The van der Waals surface area contributed by atoms with Crippen LogP contribution in [0.3, 0.4) is 0 Å². The number of carbonyl (C=O) groups is 2. The first-order valence-electron chi connectivity index (χ1n) is 10.8. The second-order valence-corrected chi connectivity index (χ2v) is 10.0. The van der Waals surface area contributed by atoms with E-state index in [0.29, 0.717) is 16.9 Å². The average Bonchev–Trinajstić information content (AvgIpc) is 2.93. The van der Waals surface area contributed by atoms with Crippen LogP contribution in [0.2, 0.25) is 0 Å². The molecule has 0 aromatic carbocycles. The van der Waals surface area contributed by atoms with E-state index in [1.165, 1.54) is 6.26 Å². The van der Waals surface area contributed by atoms with Gasteiger partial charge in [0.2, 0.25) is 5.78 Å². The third-order valence-corrected chi connectivity index (χ3v) is 8.26. The molecular formula is C24H29ClO7. The van der Waals surface area contributed by atoms with E-state index in [2.05, 4.69) is 0 Å². The molecule has 0 spiro atoms. The van der Waals surface area contributed by atoms with Crippen LogP contribution >= 0.6 is 11.6 Å². The first-order chi connectivity index (χ1) is 14.8. The highest BCUT2D eigenvalue weighted by Crippen LogP contribution is 2.67. The fourth-order valence-corrected chi connectivity index (χ4v) is 5.52. The number of rotatable bonds is 3. The molecule has 0 amide bonds. The number of hydrogen-bond acceptors (Lipinski definition) is 7. The monoisotopic (exact) mass is 464 g/mol. The summed E-state index contributed by atoms with van der Waals surface area (Å²) in [5.41, 5.74) is -1.97. The van der Waals surface area contributed by atoms with Gasteiger partial charge in [0, 0.05) is 23.0 Å². The van der Waals surface area contributed by atoms with Crippen molar-refractivity contribution in [2.24, 2.45) is 23.2 Å². The number of aliphatic hydroxyl groups is 2. The van der Waals surface area contributed by atoms with Crippen LogP contribution in [0.5, 0.6) is 0 Å². The standard InChI is InChI=1S/C24H29ClO7/c1-11(13(3)26)7-8-15-9-16-17(10-30-15)22(5)19-21(28)31-14(4)12(2)24(19,29)32-23(22,6)20(27)18(16)25/h7-14,19,26,29H,1-6H3/b8-7+/t11-,12+,13-,14-,19-,22-,23-,24-/m1/s1. The van der Waals surface area contributed by atoms with Gasteiger partial charge in [0.25, 0.3) is 0 Å². The quantitative estimate of drug-likeness (QED) is 0.618. The fourth-order valence-electron chi connectivity index (χ4n) is 5.18. The molecule has 0 aromatic rings. The molecule has 0 bridgehead atoms. The summed E-state index contributed by atoms with van der Waals surface area (Å²) in [5.74, 6) is -4.44. The molecule has 1 aliphatic carbocycles. The maximum Gasteiger partial charge on any atom is 0.315 e. The van der Waals surface area contributed by atoms with Gasteiger partial charge in [-0.15, -0.1) is 0 Å². The van der Waals surface area contributed by atoms with Gasteiger partial charge >= 0.3 is 5.97 Å². The molecular weight excluding hydrogens is 436 g/mol. The van der Waals surface area contributed by atoms with Crippen molar-refractivity contribution >= 4 is 23.4 Å². The number of ketones is 1. The molecule has 2 fully saturated rings. The number of Topliss-reactive ketones (excluding diaryl/α,β-unsaturated/α-hetero) is 1. The predicted octanol–water partition coefficient (Wildman–Crippen LogP) is 3.11. The van der Waals surface area contributed by atoms with E-state index in [1.807, 2.05) is 6.92 Å². The third kappa shape index (κ3) is 2.84. The van der Waals surface area contributed by atoms with Crippen molar-refractivity contribution in [2.45, 2.75) is 65.1 Å². The molecule has 3 aliphatic heterocycles. The molecule has 2 saturated heterocycles. The Bertz CT molecular complexity index is 1010. The van der Waals surface area contributed by atoms with Crippen molar-refractivity contribution in [3.8, 4) is 0 Å². The third-order valence-electron chi connectivity index (χ3n) is 7.89. The Morgan fingerprint density at radius 2 is 1.88 bits per heavy atom. The number of fused-ring (bicyclic) bond motifs is 5. The highest BCUT2D eigenvalue weighted by molar-refractivity contribution is 6.45. The van der Waals surface area contributed by atoms with E-state index in [1.54, 1.807) is 52.8 Å². The topological polar surface area (TPSA) is 102 Å². The first kappa shape index (κ1) is 23.2. The number of halogens is 1. The number of hydrogen-bond donors (Lipinski definition) is 2. The molecule has 0 unspecified atom stereocenters. The molecule has 4 rings (SSSR count). The molecule has 0 aromatic heterocycles. The van der Waals surface area contributed by atoms with E-state index in [4.69, 9.17) is 25.8 Å². The normalized spacial score (nSPS) is 43.0. The summed E-state index contributed by atoms with van der Waals surface area (Å²) in [4.78, 5) is 26.6. The van der Waals surface area contributed by atoms with Crippen molar-refractivity contribution in [2.75, 3.05) is 0 Å². The van der Waals surface area contributed by atoms with Gasteiger partial charge in [-0.1, -0.05) is 38.4 Å². The van der Waals surface area contributed by atoms with Crippen LogP contribution in [-0.4, -0.2) is 45.6 Å². The molecule has 174 valence electrons. The fraction of sp³-hybridized carbons (Fsp3) is 0.583. The maximum absolute atomic E-state index is 13.5. The summed E-state index contributed by atoms with van der Waals surface area (Å²) >= 11 is 6.53. The minimum absolute atomic E-state index is 0.0506. The van der Waals surface area contributed by atoms with E-state index in [9.17, 15) is 19.8 Å². The lowest BCUT2D eigenvalue weighted by Gasteiger charge is -2.47. The van der Waals surface area contributed by atoms with Gasteiger partial charge in [-0.3, -0.25) is 9.59 Å². The van der Waals surface area contributed by atoms with Crippen molar-refractivity contribution in [1.29, 1.82) is 0 Å². The van der Waals surface area contributed by atoms with Gasteiger partial charge in [-0.2, -0.15) is 0 Å². The smallest absolute Gasteiger partial charge is 0.315 e. The highest BCUT2D eigenvalue weighted by atomic mass is 35.5. The Morgan fingerprint density at radius 1 is 1.22 bits per heavy atom. The molecule has 2 N–H and O–H groups in total. The molecule has 3 heterocycles. The summed E-state index contributed by atoms with van der Waals surface area (Å²) < 4.78 is 17.4. The van der Waals surface area contributed by atoms with Crippen molar-refractivity contribution in [1.82, 2.24) is 0 Å². The van der Waals surface area contributed by atoms with Crippen LogP contribution in [0, 0.1) is 23.2 Å². The molecule has 8 atom stereocenters. The zero-order chi connectivity index (χ0) is 23.8. The molecule has 4 aliphatic rings. The SMILES string of the molecule is C[C@H](/C=C/C1=CC2=C(Cl)C(=O)[C@@]3(C)O[C@]4(O)[C@@H](C)[C@@H](C)OC(=O)[C@@H]4[C@@]3(C)C2=CO1)[C@@H](C)O. The van der Waals surface area contributed by atoms with E-state index in [-0.39, 0.29) is 11.0 Å². The largest absolute Gasteiger partial charge is 0.465 e. The minimum Gasteiger partial charge on any atom is -0.465 e. The number of cyclic esters (lactones) is 1. The zero-order valence-electron chi connectivity index (χ0n) is 19.0. The lowest BCUT2D eigenvalue weighted by molar-refractivity contribution is -0.286. The highest BCUT2D eigenvalue weighted by Gasteiger charge is 2.78. The Morgan fingerprint density at radius 3 is 2.50 bits per heavy atom. The van der Waals surface area contributed by atoms with Crippen LogP contribution in [0.4, 0.5) is 0 Å². The molecule has 7 nitrogen and oxygen atoms in total. The summed E-state index contributed by atoms with van der Waals surface area (Å²) in [6.07, 6.45) is 5.46. The van der Waals surface area contributed by atoms with Gasteiger partial charge in [-0.05, 0) is 32.9 Å². The first-order valence-corrected chi connectivity index (χ1v) is 11.2. The van der Waals surface area contributed by atoms with Crippen LogP contribution < -0.4 is 0 Å². The number of ether oxygens (including phenoxy) is 3. The summed E-state index contributed by atoms with van der Waals surface area (Å²) in [6.45, 7) is 10.2. The second kappa shape index (κ2) is 7.29. The Labute approximate surface area is 192 Å². The lowest BCUT2D eigenvalue weighted by atomic mass is 9.55. The van der Waals surface area contributed by atoms with Crippen molar-refractivity contribution in [3.63, 3.8) is 0 Å². The molecule has 0 saturated carbocycles. The zero-order valence-corrected chi connectivity index (χ0v) is 19.8. The van der Waals surface area contributed by atoms with Gasteiger partial charge < -0.3 is 24.4 Å². The summed E-state index contributed by atoms with van der Waals surface area (Å²) in [7, 11) is 0. The van der Waals surface area contributed by atoms with Gasteiger partial charge in [-0.25, -0.2) is 0 Å². The van der Waals surface area contributed by atoms with Crippen LogP contribution in [-0.2, 0) is 23.8 Å². The van der Waals surface area contributed by atoms with Crippen molar-refractivity contribution in [3.05, 3.63) is 46.4 Å². The molecule has 32 heavy (non-hydrogen) atoms. The van der Waals surface area contributed by atoms with E-state index >= 15 is 0 Å². The number of carbonyl (C=O) groups excluding carboxylic acids is 2. The van der Waals surface area contributed by atoms with Gasteiger partial charge in [0.15, 0.2) is 5.79 Å². The average molecular weight is 465 g/mol. The molecule has 0 radical (unpaired) electrons. The number of aliphatic hydroxyl groups excluding tert-OH is 1. The summed E-state index contributed by atoms with van der Waals surface area (Å²) in [6, 6.07) is 0. The van der Waals surface area contributed by atoms with E-state index in [0.717, 1.165) is 0 Å². The molecule has 8 heteroatoms. The van der Waals surface area contributed by atoms with Crippen molar-refractivity contribution < 1.29 is 34.0 Å². The van der Waals surface area contributed by atoms with Gasteiger partial charge in [0.1, 0.15) is 23.4 Å².